The second kappa shape index (κ2) is 9.66. The molecule has 0 bridgehead atoms. The SMILES string of the molecule is CCC(F)(F)c1cccc(NC(=O)c2nc(-c3ccc(OC)c(-c4ncccc4C)c3)[nH]c2C)c1. The monoisotopic (exact) mass is 476 g/mol. The van der Waals surface area contributed by atoms with Crippen molar-refractivity contribution >= 4 is 11.6 Å². The summed E-state index contributed by atoms with van der Waals surface area (Å²) in [6.45, 7) is 5.12. The van der Waals surface area contributed by atoms with E-state index in [0.29, 0.717) is 17.3 Å². The zero-order chi connectivity index (χ0) is 25.2. The highest BCUT2D eigenvalue weighted by atomic mass is 19.3. The summed E-state index contributed by atoms with van der Waals surface area (Å²) in [4.78, 5) is 25.1. The Labute approximate surface area is 202 Å². The third kappa shape index (κ3) is 4.91. The maximum absolute atomic E-state index is 14.1. The van der Waals surface area contributed by atoms with Gasteiger partial charge in [-0.15, -0.1) is 0 Å². The van der Waals surface area contributed by atoms with E-state index in [2.05, 4.69) is 20.3 Å². The highest BCUT2D eigenvalue weighted by Gasteiger charge is 2.29. The molecular formula is C27H26F2N4O2. The van der Waals surface area contributed by atoms with Gasteiger partial charge in [0.1, 0.15) is 17.3 Å². The minimum atomic E-state index is -2.96. The summed E-state index contributed by atoms with van der Waals surface area (Å²) in [7, 11) is 1.60. The van der Waals surface area contributed by atoms with Crippen molar-refractivity contribution in [3.05, 3.63) is 83.3 Å². The highest BCUT2D eigenvalue weighted by Crippen LogP contribution is 2.35. The number of aromatic amines is 1. The second-order valence-corrected chi connectivity index (χ2v) is 8.24. The number of halogens is 2. The molecule has 2 heterocycles. The van der Waals surface area contributed by atoms with Crippen LogP contribution in [0.25, 0.3) is 22.6 Å². The molecule has 0 saturated carbocycles. The van der Waals surface area contributed by atoms with Crippen LogP contribution in [-0.4, -0.2) is 28.0 Å². The van der Waals surface area contributed by atoms with Crippen LogP contribution in [0.4, 0.5) is 14.5 Å². The van der Waals surface area contributed by atoms with Crippen LogP contribution in [0, 0.1) is 13.8 Å². The summed E-state index contributed by atoms with van der Waals surface area (Å²) in [6, 6.07) is 15.1. The standard InChI is InChI=1S/C27H26F2N4O2/c1-5-27(28,29)19-9-6-10-20(15-19)32-26(34)24-17(3)31-25(33-24)18-11-12-22(35-4)21(14-18)23-16(2)8-7-13-30-23/h6-15H,5H2,1-4H3,(H,31,33)(H,32,34). The first kappa shape index (κ1) is 24.1. The lowest BCUT2D eigenvalue weighted by atomic mass is 10.0. The van der Waals surface area contributed by atoms with Crippen LogP contribution in [-0.2, 0) is 5.92 Å². The lowest BCUT2D eigenvalue weighted by molar-refractivity contribution is -0.00824. The quantitative estimate of drug-likeness (QED) is 0.318. The summed E-state index contributed by atoms with van der Waals surface area (Å²) in [5.41, 5.74) is 4.20. The average molecular weight is 477 g/mol. The van der Waals surface area contributed by atoms with E-state index in [9.17, 15) is 13.6 Å². The van der Waals surface area contributed by atoms with Gasteiger partial charge in [0.25, 0.3) is 11.8 Å². The molecule has 2 N–H and O–H groups in total. The van der Waals surface area contributed by atoms with Gasteiger partial charge < -0.3 is 15.0 Å². The van der Waals surface area contributed by atoms with E-state index in [-0.39, 0.29) is 23.4 Å². The molecule has 0 aliphatic carbocycles. The summed E-state index contributed by atoms with van der Waals surface area (Å²) in [5.74, 6) is -2.29. The largest absolute Gasteiger partial charge is 0.496 e. The molecule has 0 unspecified atom stereocenters. The molecule has 4 rings (SSSR count). The lowest BCUT2D eigenvalue weighted by Crippen LogP contribution is -2.15. The molecule has 0 atom stereocenters. The number of aryl methyl sites for hydroxylation is 2. The minimum Gasteiger partial charge on any atom is -0.496 e. The van der Waals surface area contributed by atoms with Crippen molar-refractivity contribution in [1.29, 1.82) is 0 Å². The van der Waals surface area contributed by atoms with Crippen molar-refractivity contribution in [2.75, 3.05) is 12.4 Å². The van der Waals surface area contributed by atoms with Crippen molar-refractivity contribution in [2.24, 2.45) is 0 Å². The van der Waals surface area contributed by atoms with Crippen molar-refractivity contribution in [3.63, 3.8) is 0 Å². The van der Waals surface area contributed by atoms with Gasteiger partial charge in [0.15, 0.2) is 0 Å². The molecule has 0 aliphatic heterocycles. The number of nitrogens with one attached hydrogen (secondary N) is 2. The number of pyridine rings is 1. The molecule has 0 spiro atoms. The Morgan fingerprint density at radius 2 is 1.91 bits per heavy atom. The number of methoxy groups -OCH3 is 1. The number of aromatic nitrogens is 3. The average Bonchev–Trinajstić information content (AvgIpc) is 3.26. The summed E-state index contributed by atoms with van der Waals surface area (Å²) in [5, 5.41) is 2.68. The molecule has 2 aromatic carbocycles. The van der Waals surface area contributed by atoms with E-state index in [1.165, 1.54) is 25.1 Å². The number of hydrogen-bond acceptors (Lipinski definition) is 4. The number of hydrogen-bond donors (Lipinski definition) is 2. The van der Waals surface area contributed by atoms with E-state index in [1.54, 1.807) is 26.3 Å². The maximum Gasteiger partial charge on any atom is 0.276 e. The molecule has 4 aromatic rings. The molecule has 6 nitrogen and oxygen atoms in total. The first-order valence-electron chi connectivity index (χ1n) is 11.2. The predicted molar refractivity (Wildman–Crippen MR) is 132 cm³/mol. The van der Waals surface area contributed by atoms with Crippen LogP contribution >= 0.6 is 0 Å². The normalized spacial score (nSPS) is 11.4. The van der Waals surface area contributed by atoms with E-state index in [4.69, 9.17) is 4.74 Å². The second-order valence-electron chi connectivity index (χ2n) is 8.24. The Kier molecular flexibility index (Phi) is 6.64. The molecule has 2 aromatic heterocycles. The Bertz CT molecular complexity index is 1380. The number of H-pyrrole nitrogens is 1. The van der Waals surface area contributed by atoms with E-state index in [0.717, 1.165) is 22.4 Å². The number of alkyl halides is 2. The van der Waals surface area contributed by atoms with Crippen molar-refractivity contribution in [2.45, 2.75) is 33.1 Å². The maximum atomic E-state index is 14.1. The first-order valence-corrected chi connectivity index (χ1v) is 11.2. The number of rotatable bonds is 7. The van der Waals surface area contributed by atoms with Gasteiger partial charge >= 0.3 is 0 Å². The Morgan fingerprint density at radius 1 is 1.11 bits per heavy atom. The fourth-order valence-corrected chi connectivity index (χ4v) is 3.85. The van der Waals surface area contributed by atoms with Gasteiger partial charge in [0.05, 0.1) is 12.8 Å². The number of anilines is 1. The van der Waals surface area contributed by atoms with E-state index < -0.39 is 11.8 Å². The fraction of sp³-hybridized carbons (Fsp3) is 0.222. The Morgan fingerprint density at radius 3 is 2.63 bits per heavy atom. The van der Waals surface area contributed by atoms with E-state index in [1.807, 2.05) is 37.3 Å². The number of carbonyl (C=O) groups excluding carboxylic acids is 1. The van der Waals surface area contributed by atoms with Crippen molar-refractivity contribution in [3.8, 4) is 28.4 Å². The van der Waals surface area contributed by atoms with Crippen LogP contribution in [0.5, 0.6) is 5.75 Å². The molecule has 8 heteroatoms. The number of amides is 1. The van der Waals surface area contributed by atoms with Gasteiger partial charge in [-0.1, -0.05) is 25.1 Å². The van der Waals surface area contributed by atoms with Gasteiger partial charge in [0, 0.05) is 40.7 Å². The van der Waals surface area contributed by atoms with Crippen LogP contribution in [0.3, 0.4) is 0 Å². The highest BCUT2D eigenvalue weighted by molar-refractivity contribution is 6.04. The molecule has 0 fully saturated rings. The zero-order valence-corrected chi connectivity index (χ0v) is 19.9. The van der Waals surface area contributed by atoms with Gasteiger partial charge in [-0.25, -0.2) is 13.8 Å². The summed E-state index contributed by atoms with van der Waals surface area (Å²) >= 11 is 0. The third-order valence-corrected chi connectivity index (χ3v) is 5.82. The minimum absolute atomic E-state index is 0.146. The lowest BCUT2D eigenvalue weighted by Gasteiger charge is -2.15. The molecular weight excluding hydrogens is 450 g/mol. The molecule has 0 saturated heterocycles. The Hall–Kier alpha value is -4.07. The summed E-state index contributed by atoms with van der Waals surface area (Å²) in [6.07, 6.45) is 1.40. The van der Waals surface area contributed by atoms with Crippen LogP contribution in [0.15, 0.2) is 60.8 Å². The van der Waals surface area contributed by atoms with Crippen molar-refractivity contribution < 1.29 is 18.3 Å². The topological polar surface area (TPSA) is 79.9 Å². The Balaban J connectivity index is 1.64. The zero-order valence-electron chi connectivity index (χ0n) is 19.9. The number of carbonyl (C=O) groups is 1. The molecule has 35 heavy (non-hydrogen) atoms. The van der Waals surface area contributed by atoms with Gasteiger partial charge in [0.2, 0.25) is 0 Å². The number of benzene rings is 2. The molecule has 0 aliphatic rings. The predicted octanol–water partition coefficient (Wildman–Crippen LogP) is 6.52. The van der Waals surface area contributed by atoms with Crippen LogP contribution in [0.2, 0.25) is 0 Å². The molecule has 180 valence electrons. The smallest absolute Gasteiger partial charge is 0.276 e. The van der Waals surface area contributed by atoms with Gasteiger partial charge in [-0.3, -0.25) is 9.78 Å². The molecule has 1 amide bonds. The van der Waals surface area contributed by atoms with Crippen LogP contribution in [0.1, 0.15) is 40.7 Å². The van der Waals surface area contributed by atoms with Gasteiger partial charge in [-0.05, 0) is 55.8 Å². The summed E-state index contributed by atoms with van der Waals surface area (Å²) < 4.78 is 33.7. The third-order valence-electron chi connectivity index (χ3n) is 5.82. The molecule has 0 radical (unpaired) electrons. The number of imidazole rings is 1. The van der Waals surface area contributed by atoms with E-state index >= 15 is 0 Å². The van der Waals surface area contributed by atoms with Gasteiger partial charge in [-0.2, -0.15) is 0 Å². The first-order chi connectivity index (χ1) is 16.7. The van der Waals surface area contributed by atoms with Crippen LogP contribution < -0.4 is 10.1 Å². The number of ether oxygens (including phenoxy) is 1. The van der Waals surface area contributed by atoms with Crippen molar-refractivity contribution in [1.82, 2.24) is 15.0 Å². The fourth-order valence-electron chi connectivity index (χ4n) is 3.85. The number of nitrogens with zero attached hydrogens (tertiary/aromatic N) is 2.